The topological polar surface area (TPSA) is 75.4 Å². The Bertz CT molecular complexity index is 817. The summed E-state index contributed by atoms with van der Waals surface area (Å²) in [4.78, 5) is 26.1. The van der Waals surface area contributed by atoms with Crippen LogP contribution in [0.4, 0.5) is 0 Å². The molecule has 0 spiro atoms. The van der Waals surface area contributed by atoms with Crippen LogP contribution in [-0.4, -0.2) is 44.8 Å². The molecule has 1 aliphatic rings. The van der Waals surface area contributed by atoms with Gasteiger partial charge in [0.2, 0.25) is 0 Å². The molecule has 6 nitrogen and oxygen atoms in total. The minimum absolute atomic E-state index is 0.0445. The highest BCUT2D eigenvalue weighted by Gasteiger charge is 2.48. The maximum atomic E-state index is 12.7. The SMILES string of the molecule is CC(C)C1(C(=O)O)CCN(C(=O)c2cnn(-c3cccc(Cl)c3)c2)C1. The van der Waals surface area contributed by atoms with Crippen molar-refractivity contribution in [3.8, 4) is 5.69 Å². The molecule has 1 N–H and O–H groups in total. The molecule has 0 saturated carbocycles. The number of benzene rings is 1. The number of aliphatic carboxylic acids is 1. The van der Waals surface area contributed by atoms with Crippen LogP contribution in [0.1, 0.15) is 30.6 Å². The van der Waals surface area contributed by atoms with E-state index in [-0.39, 0.29) is 18.4 Å². The van der Waals surface area contributed by atoms with Crippen molar-refractivity contribution in [1.82, 2.24) is 14.7 Å². The Kier molecular flexibility index (Phi) is 4.56. The van der Waals surface area contributed by atoms with Gasteiger partial charge in [-0.1, -0.05) is 31.5 Å². The summed E-state index contributed by atoms with van der Waals surface area (Å²) in [6.07, 6.45) is 3.61. The van der Waals surface area contributed by atoms with Crippen LogP contribution < -0.4 is 0 Å². The summed E-state index contributed by atoms with van der Waals surface area (Å²) < 4.78 is 1.59. The molecule has 2 heterocycles. The number of carbonyl (C=O) groups is 2. The maximum Gasteiger partial charge on any atom is 0.311 e. The Labute approximate surface area is 151 Å². The number of carboxylic acid groups (broad SMARTS) is 1. The number of hydrogen-bond donors (Lipinski definition) is 1. The molecule has 1 aromatic carbocycles. The molecule has 0 aliphatic carbocycles. The van der Waals surface area contributed by atoms with E-state index in [4.69, 9.17) is 11.6 Å². The molecule has 1 aromatic heterocycles. The van der Waals surface area contributed by atoms with Crippen LogP contribution in [0.2, 0.25) is 5.02 Å². The first-order chi connectivity index (χ1) is 11.8. The van der Waals surface area contributed by atoms with Gasteiger partial charge in [-0.15, -0.1) is 0 Å². The largest absolute Gasteiger partial charge is 0.481 e. The fraction of sp³-hybridized carbons (Fsp3) is 0.389. The molecule has 3 rings (SSSR count). The van der Waals surface area contributed by atoms with Crippen molar-refractivity contribution in [3.05, 3.63) is 47.2 Å². The lowest BCUT2D eigenvalue weighted by molar-refractivity contribution is -0.150. The van der Waals surface area contributed by atoms with Crippen molar-refractivity contribution < 1.29 is 14.7 Å². The molecule has 132 valence electrons. The van der Waals surface area contributed by atoms with Gasteiger partial charge in [0.15, 0.2) is 0 Å². The second kappa shape index (κ2) is 6.52. The van der Waals surface area contributed by atoms with Gasteiger partial charge in [0.25, 0.3) is 5.91 Å². The van der Waals surface area contributed by atoms with Gasteiger partial charge in [-0.3, -0.25) is 9.59 Å². The van der Waals surface area contributed by atoms with Crippen LogP contribution >= 0.6 is 11.6 Å². The predicted molar refractivity (Wildman–Crippen MR) is 94.0 cm³/mol. The van der Waals surface area contributed by atoms with Gasteiger partial charge in [-0.25, -0.2) is 4.68 Å². The molecule has 7 heteroatoms. The summed E-state index contributed by atoms with van der Waals surface area (Å²) in [5, 5.41) is 14.4. The smallest absolute Gasteiger partial charge is 0.311 e. The van der Waals surface area contributed by atoms with Crippen LogP contribution in [0.3, 0.4) is 0 Å². The van der Waals surface area contributed by atoms with E-state index in [1.165, 1.54) is 6.20 Å². The summed E-state index contributed by atoms with van der Waals surface area (Å²) >= 11 is 5.99. The average molecular weight is 362 g/mol. The minimum atomic E-state index is -0.876. The molecular formula is C18H20ClN3O3. The highest BCUT2D eigenvalue weighted by atomic mass is 35.5. The van der Waals surface area contributed by atoms with E-state index in [9.17, 15) is 14.7 Å². The van der Waals surface area contributed by atoms with Crippen LogP contribution in [0.25, 0.3) is 5.69 Å². The average Bonchev–Trinajstić information content (AvgIpc) is 3.22. The second-order valence-electron chi connectivity index (χ2n) is 6.75. The Balaban J connectivity index is 1.80. The van der Waals surface area contributed by atoms with Gasteiger partial charge in [0, 0.05) is 24.3 Å². The number of hydrogen-bond acceptors (Lipinski definition) is 3. The Morgan fingerprint density at radius 3 is 2.72 bits per heavy atom. The molecule has 1 atom stereocenters. The van der Waals surface area contributed by atoms with Crippen LogP contribution in [0.5, 0.6) is 0 Å². The van der Waals surface area contributed by atoms with Gasteiger partial charge < -0.3 is 10.0 Å². The predicted octanol–water partition coefficient (Wildman–Crippen LogP) is 3.10. The van der Waals surface area contributed by atoms with Gasteiger partial charge in [-0.05, 0) is 30.5 Å². The minimum Gasteiger partial charge on any atom is -0.481 e. The summed E-state index contributed by atoms with van der Waals surface area (Å²) in [5.74, 6) is -1.08. The van der Waals surface area contributed by atoms with Crippen molar-refractivity contribution in [3.63, 3.8) is 0 Å². The van der Waals surface area contributed by atoms with E-state index in [1.807, 2.05) is 26.0 Å². The molecule has 25 heavy (non-hydrogen) atoms. The molecule has 2 aromatic rings. The number of nitrogens with zero attached hydrogens (tertiary/aromatic N) is 3. The summed E-state index contributed by atoms with van der Waals surface area (Å²) in [6, 6.07) is 7.18. The van der Waals surface area contributed by atoms with E-state index in [2.05, 4.69) is 5.10 Å². The summed E-state index contributed by atoms with van der Waals surface area (Å²) in [7, 11) is 0. The molecule has 1 amide bonds. The molecule has 1 fully saturated rings. The van der Waals surface area contributed by atoms with Crippen molar-refractivity contribution in [2.45, 2.75) is 20.3 Å². The van der Waals surface area contributed by atoms with Crippen LogP contribution in [0, 0.1) is 11.3 Å². The zero-order chi connectivity index (χ0) is 18.2. The number of carboxylic acids is 1. The summed E-state index contributed by atoms with van der Waals surface area (Å²) in [5.41, 5.74) is 0.318. The van der Waals surface area contributed by atoms with Gasteiger partial charge >= 0.3 is 5.97 Å². The van der Waals surface area contributed by atoms with Crippen molar-refractivity contribution >= 4 is 23.5 Å². The third-order valence-corrected chi connectivity index (χ3v) is 5.26. The first kappa shape index (κ1) is 17.5. The lowest BCUT2D eigenvalue weighted by Gasteiger charge is -2.28. The Hall–Kier alpha value is -2.34. The quantitative estimate of drug-likeness (QED) is 0.907. The molecule has 1 saturated heterocycles. The molecule has 1 aliphatic heterocycles. The number of aromatic nitrogens is 2. The van der Waals surface area contributed by atoms with Gasteiger partial charge in [0.1, 0.15) is 0 Å². The molecule has 0 bridgehead atoms. The second-order valence-corrected chi connectivity index (χ2v) is 7.18. The van der Waals surface area contributed by atoms with E-state index >= 15 is 0 Å². The normalized spacial score (nSPS) is 20.2. The first-order valence-electron chi connectivity index (χ1n) is 8.17. The number of likely N-dealkylation sites (tertiary alicyclic amines) is 1. The van der Waals surface area contributed by atoms with Crippen LogP contribution in [0.15, 0.2) is 36.7 Å². The van der Waals surface area contributed by atoms with Crippen molar-refractivity contribution in [2.24, 2.45) is 11.3 Å². The molecule has 1 unspecified atom stereocenters. The van der Waals surface area contributed by atoms with E-state index in [0.717, 1.165) is 5.69 Å². The first-order valence-corrected chi connectivity index (χ1v) is 8.54. The summed E-state index contributed by atoms with van der Waals surface area (Å²) in [6.45, 7) is 4.44. The standard InChI is InChI=1S/C18H20ClN3O3/c1-12(2)18(17(24)25)6-7-21(11-18)16(23)13-9-20-22(10-13)15-5-3-4-14(19)8-15/h3-5,8-10,12H,6-7,11H2,1-2H3,(H,24,25). The Morgan fingerprint density at radius 1 is 1.36 bits per heavy atom. The third kappa shape index (κ3) is 3.14. The Morgan fingerprint density at radius 2 is 2.12 bits per heavy atom. The van der Waals surface area contributed by atoms with E-state index < -0.39 is 11.4 Å². The maximum absolute atomic E-state index is 12.7. The lowest BCUT2D eigenvalue weighted by atomic mass is 9.76. The van der Waals surface area contributed by atoms with E-state index in [0.29, 0.717) is 23.6 Å². The molecular weight excluding hydrogens is 342 g/mol. The fourth-order valence-electron chi connectivity index (χ4n) is 3.27. The number of rotatable bonds is 4. The number of halogens is 1. The zero-order valence-corrected chi connectivity index (χ0v) is 14.9. The highest BCUT2D eigenvalue weighted by Crippen LogP contribution is 2.38. The van der Waals surface area contributed by atoms with Crippen molar-refractivity contribution in [2.75, 3.05) is 13.1 Å². The van der Waals surface area contributed by atoms with E-state index in [1.54, 1.807) is 27.9 Å². The molecule has 0 radical (unpaired) electrons. The zero-order valence-electron chi connectivity index (χ0n) is 14.1. The van der Waals surface area contributed by atoms with Gasteiger partial charge in [-0.2, -0.15) is 5.10 Å². The number of carbonyl (C=O) groups excluding carboxylic acids is 1. The number of amides is 1. The highest BCUT2D eigenvalue weighted by molar-refractivity contribution is 6.30. The van der Waals surface area contributed by atoms with Crippen LogP contribution in [-0.2, 0) is 4.79 Å². The third-order valence-electron chi connectivity index (χ3n) is 5.02. The lowest BCUT2D eigenvalue weighted by Crippen LogP contribution is -2.40. The monoisotopic (exact) mass is 361 g/mol. The van der Waals surface area contributed by atoms with Crippen molar-refractivity contribution in [1.29, 1.82) is 0 Å². The fourth-order valence-corrected chi connectivity index (χ4v) is 3.46. The van der Waals surface area contributed by atoms with Gasteiger partial charge in [0.05, 0.1) is 22.9 Å².